The van der Waals surface area contributed by atoms with Gasteiger partial charge in [-0.05, 0) is 0 Å². The van der Waals surface area contributed by atoms with Crippen LogP contribution in [-0.2, 0) is 0 Å². The molecule has 0 aromatic carbocycles. The van der Waals surface area contributed by atoms with Gasteiger partial charge < -0.3 is 14.0 Å². The zero-order valence-corrected chi connectivity index (χ0v) is 5.53. The molecule has 2 aromatic heterocycles. The number of hydrogen-bond acceptors (Lipinski definition) is 5. The molecule has 62 valence electrons. The molecule has 7 nitrogen and oxygen atoms in total. The van der Waals surface area contributed by atoms with Gasteiger partial charge in [-0.25, -0.2) is 9.59 Å². The number of oxazole rings is 1. The number of rotatable bonds is 1. The number of aromatic carboxylic acids is 1. The molecule has 0 radical (unpaired) electrons. The fourth-order valence-electron chi connectivity index (χ4n) is 0.807. The SMILES string of the molecule is O=C(O)c1onc2[nH]c(=O)oc12. The van der Waals surface area contributed by atoms with Crippen molar-refractivity contribution in [1.82, 2.24) is 10.1 Å². The van der Waals surface area contributed by atoms with Gasteiger partial charge in [0.25, 0.3) is 5.76 Å². The molecule has 0 aliphatic carbocycles. The Balaban J connectivity index is 2.85. The van der Waals surface area contributed by atoms with Crippen LogP contribution in [0.2, 0.25) is 0 Å². The Kier molecular flexibility index (Phi) is 1.09. The molecule has 0 amide bonds. The molecule has 0 saturated heterocycles. The van der Waals surface area contributed by atoms with Crippen LogP contribution in [0.3, 0.4) is 0 Å². The Morgan fingerprint density at radius 1 is 1.58 bits per heavy atom. The van der Waals surface area contributed by atoms with Gasteiger partial charge in [0.2, 0.25) is 11.2 Å². The number of nitrogens with one attached hydrogen (secondary N) is 1. The van der Waals surface area contributed by atoms with Gasteiger partial charge in [-0.2, -0.15) is 0 Å². The maximum absolute atomic E-state index is 10.5. The van der Waals surface area contributed by atoms with Crippen molar-refractivity contribution < 1.29 is 18.8 Å². The number of nitrogens with zero attached hydrogens (tertiary/aromatic N) is 1. The second-order valence-corrected chi connectivity index (χ2v) is 2.01. The van der Waals surface area contributed by atoms with E-state index in [0.29, 0.717) is 0 Å². The van der Waals surface area contributed by atoms with Crippen molar-refractivity contribution in [2.24, 2.45) is 0 Å². The van der Waals surface area contributed by atoms with E-state index in [4.69, 9.17) is 5.11 Å². The molecule has 0 fully saturated rings. The molecular weight excluding hydrogens is 168 g/mol. The quantitative estimate of drug-likeness (QED) is 0.613. The van der Waals surface area contributed by atoms with E-state index in [-0.39, 0.29) is 11.2 Å². The summed E-state index contributed by atoms with van der Waals surface area (Å²) in [6, 6.07) is 0. The number of fused-ring (bicyclic) bond motifs is 1. The van der Waals surface area contributed by atoms with Gasteiger partial charge in [0.15, 0.2) is 0 Å². The highest BCUT2D eigenvalue weighted by Gasteiger charge is 2.19. The third kappa shape index (κ3) is 0.729. The summed E-state index contributed by atoms with van der Waals surface area (Å²) in [6.45, 7) is 0. The third-order valence-corrected chi connectivity index (χ3v) is 1.26. The summed E-state index contributed by atoms with van der Waals surface area (Å²) >= 11 is 0. The summed E-state index contributed by atoms with van der Waals surface area (Å²) in [5.41, 5.74) is -0.176. The maximum Gasteiger partial charge on any atom is 0.418 e. The molecule has 0 aliphatic rings. The van der Waals surface area contributed by atoms with Gasteiger partial charge in [-0.1, -0.05) is 5.16 Å². The number of carboxylic acids is 1. The fourth-order valence-corrected chi connectivity index (χ4v) is 0.807. The number of hydrogen-bond donors (Lipinski definition) is 2. The highest BCUT2D eigenvalue weighted by molar-refractivity contribution is 5.95. The smallest absolute Gasteiger partial charge is 0.418 e. The lowest BCUT2D eigenvalue weighted by molar-refractivity contribution is 0.0653. The van der Waals surface area contributed by atoms with Crippen molar-refractivity contribution in [2.75, 3.05) is 0 Å². The minimum Gasteiger partial charge on any atom is -0.475 e. The van der Waals surface area contributed by atoms with E-state index in [1.54, 1.807) is 0 Å². The largest absolute Gasteiger partial charge is 0.475 e. The first kappa shape index (κ1) is 6.65. The van der Waals surface area contributed by atoms with Crippen LogP contribution in [-0.4, -0.2) is 21.2 Å². The van der Waals surface area contributed by atoms with Crippen molar-refractivity contribution >= 4 is 17.2 Å². The summed E-state index contributed by atoms with van der Waals surface area (Å²) in [7, 11) is 0. The Bertz CT molecular complexity index is 489. The molecule has 0 bridgehead atoms. The summed E-state index contributed by atoms with van der Waals surface area (Å²) in [5, 5.41) is 11.7. The molecule has 0 atom stereocenters. The summed E-state index contributed by atoms with van der Waals surface area (Å²) in [5.74, 6) is -2.57. The molecule has 7 heteroatoms. The summed E-state index contributed by atoms with van der Waals surface area (Å²) < 4.78 is 8.81. The topological polar surface area (TPSA) is 109 Å². The second kappa shape index (κ2) is 1.97. The first-order valence-corrected chi connectivity index (χ1v) is 2.90. The Labute approximate surface area is 63.6 Å². The molecule has 0 aliphatic heterocycles. The van der Waals surface area contributed by atoms with Crippen molar-refractivity contribution in [3.05, 3.63) is 16.3 Å². The van der Waals surface area contributed by atoms with E-state index >= 15 is 0 Å². The normalized spacial score (nSPS) is 10.7. The highest BCUT2D eigenvalue weighted by atomic mass is 16.5. The molecule has 2 heterocycles. The lowest BCUT2D eigenvalue weighted by atomic mass is 10.4. The summed E-state index contributed by atoms with van der Waals surface area (Å²) in [6.07, 6.45) is 0. The predicted molar refractivity (Wildman–Crippen MR) is 33.9 cm³/mol. The first-order chi connectivity index (χ1) is 5.68. The lowest BCUT2D eigenvalue weighted by Gasteiger charge is -1.79. The van der Waals surface area contributed by atoms with Crippen LogP contribution in [0.1, 0.15) is 10.6 Å². The molecule has 0 saturated carbocycles. The monoisotopic (exact) mass is 170 g/mol. The number of carbonyl (C=O) groups is 1. The van der Waals surface area contributed by atoms with Crippen LogP contribution < -0.4 is 5.76 Å². The average Bonchev–Trinajstić information content (AvgIpc) is 2.43. The molecule has 2 rings (SSSR count). The van der Waals surface area contributed by atoms with Crippen LogP contribution in [0.25, 0.3) is 11.2 Å². The molecule has 12 heavy (non-hydrogen) atoms. The van der Waals surface area contributed by atoms with Crippen LogP contribution >= 0.6 is 0 Å². The van der Waals surface area contributed by atoms with Crippen LogP contribution in [0.15, 0.2) is 13.7 Å². The highest BCUT2D eigenvalue weighted by Crippen LogP contribution is 2.13. The van der Waals surface area contributed by atoms with Gasteiger partial charge >= 0.3 is 11.7 Å². The van der Waals surface area contributed by atoms with Crippen molar-refractivity contribution in [2.45, 2.75) is 0 Å². The zero-order chi connectivity index (χ0) is 8.72. The van der Waals surface area contributed by atoms with Crippen molar-refractivity contribution in [3.63, 3.8) is 0 Å². The molecule has 2 N–H and O–H groups in total. The van der Waals surface area contributed by atoms with Crippen molar-refractivity contribution in [1.29, 1.82) is 0 Å². The molecule has 0 unspecified atom stereocenters. The second-order valence-electron chi connectivity index (χ2n) is 2.01. The van der Waals surface area contributed by atoms with E-state index in [2.05, 4.69) is 19.1 Å². The van der Waals surface area contributed by atoms with Crippen molar-refractivity contribution in [3.8, 4) is 0 Å². The van der Waals surface area contributed by atoms with E-state index in [0.717, 1.165) is 0 Å². The average molecular weight is 170 g/mol. The van der Waals surface area contributed by atoms with Crippen LogP contribution in [0.5, 0.6) is 0 Å². The summed E-state index contributed by atoms with van der Waals surface area (Å²) in [4.78, 5) is 23.0. The Morgan fingerprint density at radius 3 is 3.00 bits per heavy atom. The van der Waals surface area contributed by atoms with Crippen LogP contribution in [0, 0.1) is 0 Å². The van der Waals surface area contributed by atoms with Gasteiger partial charge in [0.1, 0.15) is 0 Å². The van der Waals surface area contributed by atoms with E-state index in [9.17, 15) is 9.59 Å². The van der Waals surface area contributed by atoms with E-state index in [1.807, 2.05) is 0 Å². The van der Waals surface area contributed by atoms with Gasteiger partial charge in [-0.15, -0.1) is 0 Å². The van der Waals surface area contributed by atoms with E-state index in [1.165, 1.54) is 0 Å². The van der Waals surface area contributed by atoms with Gasteiger partial charge in [0, 0.05) is 0 Å². The fraction of sp³-hybridized carbons (Fsp3) is 0. The zero-order valence-electron chi connectivity index (χ0n) is 5.53. The number of aromatic amines is 1. The molecule has 2 aromatic rings. The number of carboxylic acid groups (broad SMARTS) is 1. The van der Waals surface area contributed by atoms with Gasteiger partial charge in [-0.3, -0.25) is 4.98 Å². The Morgan fingerprint density at radius 2 is 2.33 bits per heavy atom. The maximum atomic E-state index is 10.5. The predicted octanol–water partition coefficient (Wildman–Crippen LogP) is -0.193. The molecule has 0 spiro atoms. The minimum atomic E-state index is -1.33. The standard InChI is InChI=1S/C5H2N2O5/c8-4(9)2-1-3(7-12-2)6-5(10)11-1/h(H,8,9)(H,6,7,10). The third-order valence-electron chi connectivity index (χ3n) is 1.26. The van der Waals surface area contributed by atoms with Gasteiger partial charge in [0.05, 0.1) is 0 Å². The van der Waals surface area contributed by atoms with Crippen LogP contribution in [0.4, 0.5) is 0 Å². The first-order valence-electron chi connectivity index (χ1n) is 2.90. The minimum absolute atomic E-state index is 0.00241. The number of aromatic nitrogens is 2. The lowest BCUT2D eigenvalue weighted by Crippen LogP contribution is -1.96. The molecular formula is C5H2N2O5. The van der Waals surface area contributed by atoms with E-state index < -0.39 is 17.5 Å². The Hall–Kier alpha value is -2.05. The number of H-pyrrole nitrogens is 1.